The monoisotopic (exact) mass is 301 g/mol. The van der Waals surface area contributed by atoms with Crippen LogP contribution in [0, 0.1) is 0 Å². The fourth-order valence-corrected chi connectivity index (χ4v) is 1.74. The molecule has 0 radical (unpaired) electrons. The highest BCUT2D eigenvalue weighted by Crippen LogP contribution is 2.36. The second kappa shape index (κ2) is 8.27. The van der Waals surface area contributed by atoms with Crippen LogP contribution >= 0.6 is 11.6 Å². The molecular weight excluding hydrogens is 286 g/mol. The first-order valence-electron chi connectivity index (χ1n) is 6.04. The maximum absolute atomic E-state index is 11.3. The molecule has 110 valence electrons. The van der Waals surface area contributed by atoms with Crippen molar-refractivity contribution in [1.82, 2.24) is 0 Å². The molecule has 20 heavy (non-hydrogen) atoms. The molecule has 0 aliphatic heterocycles. The third-order valence-corrected chi connectivity index (χ3v) is 2.46. The molecule has 0 saturated carbocycles. The number of esters is 1. The van der Waals surface area contributed by atoms with E-state index >= 15 is 0 Å². The van der Waals surface area contributed by atoms with E-state index in [0.29, 0.717) is 17.9 Å². The normalized spacial score (nSPS) is 10.6. The molecular formula is C13H16ClNO5. The molecule has 6 nitrogen and oxygen atoms in total. The molecule has 0 fully saturated rings. The largest absolute Gasteiger partial charge is 0.490 e. The third kappa shape index (κ3) is 4.62. The van der Waals surface area contributed by atoms with E-state index in [4.69, 9.17) is 31.0 Å². The number of carbonyl (C=O) groups is 1. The lowest BCUT2D eigenvalue weighted by Crippen LogP contribution is -2.15. The smallest absolute Gasteiger partial charge is 0.344 e. The standard InChI is InChI=1S/C13H16ClNO5/c1-3-18-11-6-9(7-15-17)5-10(14)13(11)20-8-12(16)19-4-2/h5-7,17H,3-4,8H2,1-2H3. The Morgan fingerprint density at radius 2 is 2.10 bits per heavy atom. The van der Waals surface area contributed by atoms with E-state index in [9.17, 15) is 4.79 Å². The molecule has 0 atom stereocenters. The third-order valence-electron chi connectivity index (χ3n) is 2.18. The summed E-state index contributed by atoms with van der Waals surface area (Å²) in [7, 11) is 0. The lowest BCUT2D eigenvalue weighted by Gasteiger charge is -2.13. The summed E-state index contributed by atoms with van der Waals surface area (Å²) in [6, 6.07) is 3.12. The fraction of sp³-hybridized carbons (Fsp3) is 0.385. The first-order valence-corrected chi connectivity index (χ1v) is 6.42. The van der Waals surface area contributed by atoms with Gasteiger partial charge in [0.15, 0.2) is 18.1 Å². The highest BCUT2D eigenvalue weighted by molar-refractivity contribution is 6.32. The number of carbonyl (C=O) groups excluding carboxylic acids is 1. The summed E-state index contributed by atoms with van der Waals surface area (Å²) in [6.07, 6.45) is 1.21. The van der Waals surface area contributed by atoms with E-state index in [2.05, 4.69) is 5.16 Å². The van der Waals surface area contributed by atoms with E-state index in [1.54, 1.807) is 19.9 Å². The zero-order valence-electron chi connectivity index (χ0n) is 11.3. The molecule has 1 aromatic carbocycles. The molecule has 0 aliphatic carbocycles. The average Bonchev–Trinajstić information content (AvgIpc) is 2.39. The van der Waals surface area contributed by atoms with Crippen molar-refractivity contribution in [2.45, 2.75) is 13.8 Å². The summed E-state index contributed by atoms with van der Waals surface area (Å²) in [4.78, 5) is 11.3. The van der Waals surface area contributed by atoms with E-state index in [0.717, 1.165) is 0 Å². The molecule has 0 amide bonds. The fourth-order valence-electron chi connectivity index (χ4n) is 1.47. The second-order valence-corrected chi connectivity index (χ2v) is 4.01. The van der Waals surface area contributed by atoms with Gasteiger partial charge in [-0.05, 0) is 26.0 Å². The zero-order valence-corrected chi connectivity index (χ0v) is 12.0. The molecule has 0 spiro atoms. The minimum Gasteiger partial charge on any atom is -0.490 e. The van der Waals surface area contributed by atoms with Gasteiger partial charge in [-0.2, -0.15) is 0 Å². The second-order valence-electron chi connectivity index (χ2n) is 3.60. The van der Waals surface area contributed by atoms with Gasteiger partial charge >= 0.3 is 5.97 Å². The Morgan fingerprint density at radius 3 is 2.70 bits per heavy atom. The number of hydrogen-bond acceptors (Lipinski definition) is 6. The summed E-state index contributed by atoms with van der Waals surface area (Å²) >= 11 is 6.07. The van der Waals surface area contributed by atoms with Crippen LogP contribution in [-0.2, 0) is 9.53 Å². The summed E-state index contributed by atoms with van der Waals surface area (Å²) in [5.41, 5.74) is 0.546. The topological polar surface area (TPSA) is 77.4 Å². The van der Waals surface area contributed by atoms with Crippen LogP contribution in [0.5, 0.6) is 11.5 Å². The summed E-state index contributed by atoms with van der Waals surface area (Å²) in [5, 5.41) is 11.7. The molecule has 7 heteroatoms. The van der Waals surface area contributed by atoms with Gasteiger partial charge in [-0.1, -0.05) is 16.8 Å². The average molecular weight is 302 g/mol. The molecule has 1 N–H and O–H groups in total. The van der Waals surface area contributed by atoms with Gasteiger partial charge in [-0.25, -0.2) is 4.79 Å². The van der Waals surface area contributed by atoms with Crippen LogP contribution < -0.4 is 9.47 Å². The Balaban J connectivity index is 2.95. The van der Waals surface area contributed by atoms with Crippen molar-refractivity contribution in [1.29, 1.82) is 0 Å². The van der Waals surface area contributed by atoms with Crippen LogP contribution in [0.3, 0.4) is 0 Å². The number of benzene rings is 1. The number of ether oxygens (including phenoxy) is 3. The van der Waals surface area contributed by atoms with Crippen LogP contribution in [0.1, 0.15) is 19.4 Å². The summed E-state index contributed by atoms with van der Waals surface area (Å²) < 4.78 is 15.5. The molecule has 1 rings (SSSR count). The van der Waals surface area contributed by atoms with Crippen molar-refractivity contribution in [2.24, 2.45) is 5.16 Å². The van der Waals surface area contributed by atoms with Gasteiger partial charge in [0.05, 0.1) is 24.5 Å². The predicted molar refractivity (Wildman–Crippen MR) is 74.1 cm³/mol. The zero-order chi connectivity index (χ0) is 15.0. The summed E-state index contributed by atoms with van der Waals surface area (Å²) in [6.45, 7) is 3.92. The van der Waals surface area contributed by atoms with Gasteiger partial charge in [0.25, 0.3) is 0 Å². The first-order chi connectivity index (χ1) is 9.62. The SMILES string of the molecule is CCOC(=O)COc1c(Cl)cc(C=NO)cc1OCC. The quantitative estimate of drug-likeness (QED) is 0.362. The van der Waals surface area contributed by atoms with Crippen LogP contribution in [0.25, 0.3) is 0 Å². The van der Waals surface area contributed by atoms with Crippen LogP contribution in [0.4, 0.5) is 0 Å². The molecule has 0 aromatic heterocycles. The Bertz CT molecular complexity index is 490. The van der Waals surface area contributed by atoms with Crippen molar-refractivity contribution >= 4 is 23.8 Å². The van der Waals surface area contributed by atoms with Crippen molar-refractivity contribution < 1.29 is 24.2 Å². The Morgan fingerprint density at radius 1 is 1.35 bits per heavy atom. The maximum atomic E-state index is 11.3. The predicted octanol–water partition coefficient (Wildman–Crippen LogP) is 2.49. The lowest BCUT2D eigenvalue weighted by molar-refractivity contribution is -0.145. The van der Waals surface area contributed by atoms with E-state index in [-0.39, 0.29) is 24.0 Å². The molecule has 0 saturated heterocycles. The number of oxime groups is 1. The molecule has 0 heterocycles. The van der Waals surface area contributed by atoms with Crippen LogP contribution in [0.2, 0.25) is 5.02 Å². The molecule has 1 aromatic rings. The first kappa shape index (κ1) is 16.1. The van der Waals surface area contributed by atoms with Gasteiger partial charge in [0, 0.05) is 5.56 Å². The van der Waals surface area contributed by atoms with Gasteiger partial charge in [0.1, 0.15) is 0 Å². The van der Waals surface area contributed by atoms with E-state index in [1.165, 1.54) is 12.3 Å². The minimum atomic E-state index is -0.494. The Kier molecular flexibility index (Phi) is 6.66. The number of halogens is 1. The lowest BCUT2D eigenvalue weighted by atomic mass is 10.2. The van der Waals surface area contributed by atoms with Gasteiger partial charge in [0.2, 0.25) is 0 Å². The minimum absolute atomic E-state index is 0.246. The number of nitrogens with zero attached hydrogens (tertiary/aromatic N) is 1. The van der Waals surface area contributed by atoms with Crippen LogP contribution in [-0.4, -0.2) is 37.2 Å². The summed E-state index contributed by atoms with van der Waals surface area (Å²) in [5.74, 6) is 0.114. The highest BCUT2D eigenvalue weighted by atomic mass is 35.5. The molecule has 0 unspecified atom stereocenters. The maximum Gasteiger partial charge on any atom is 0.344 e. The van der Waals surface area contributed by atoms with Gasteiger partial charge in [-0.3, -0.25) is 0 Å². The molecule has 0 bridgehead atoms. The molecule has 0 aliphatic rings. The number of hydrogen-bond donors (Lipinski definition) is 1. The van der Waals surface area contributed by atoms with Crippen molar-refractivity contribution in [2.75, 3.05) is 19.8 Å². The number of rotatable bonds is 7. The van der Waals surface area contributed by atoms with Gasteiger partial charge in [-0.15, -0.1) is 0 Å². The van der Waals surface area contributed by atoms with Crippen molar-refractivity contribution in [3.8, 4) is 11.5 Å². The van der Waals surface area contributed by atoms with Gasteiger partial charge < -0.3 is 19.4 Å². The van der Waals surface area contributed by atoms with Crippen molar-refractivity contribution in [3.05, 3.63) is 22.7 Å². The van der Waals surface area contributed by atoms with E-state index in [1.807, 2.05) is 0 Å². The van der Waals surface area contributed by atoms with Crippen molar-refractivity contribution in [3.63, 3.8) is 0 Å². The van der Waals surface area contributed by atoms with Crippen LogP contribution in [0.15, 0.2) is 17.3 Å². The Hall–Kier alpha value is -1.95. The van der Waals surface area contributed by atoms with E-state index < -0.39 is 5.97 Å². The highest BCUT2D eigenvalue weighted by Gasteiger charge is 2.14. The Labute approximate surface area is 121 Å².